The number of fused-ring (bicyclic) bond motifs is 1. The Bertz CT molecular complexity index is 1250. The molecule has 0 N–H and O–H groups in total. The summed E-state index contributed by atoms with van der Waals surface area (Å²) in [6, 6.07) is 17.7. The van der Waals surface area contributed by atoms with E-state index in [-0.39, 0.29) is 11.3 Å². The van der Waals surface area contributed by atoms with Crippen molar-refractivity contribution >= 4 is 11.6 Å². The third-order valence-electron chi connectivity index (χ3n) is 8.01. The van der Waals surface area contributed by atoms with Crippen LogP contribution in [0.3, 0.4) is 0 Å². The number of likely N-dealkylation sites (N-methyl/N-ethyl adjacent to an activating group) is 1. The van der Waals surface area contributed by atoms with Crippen molar-refractivity contribution in [3.8, 4) is 0 Å². The van der Waals surface area contributed by atoms with E-state index < -0.39 is 0 Å². The molecule has 3 aromatic rings. The minimum atomic E-state index is -0.0630. The van der Waals surface area contributed by atoms with Gasteiger partial charge >= 0.3 is 0 Å². The fraction of sp³-hybridized carbons (Fsp3) is 0.414. The number of benzene rings is 2. The first-order chi connectivity index (χ1) is 17.5. The summed E-state index contributed by atoms with van der Waals surface area (Å²) in [5.41, 5.74) is 7.09. The number of hydrogen-bond acceptors (Lipinski definition) is 6. The summed E-state index contributed by atoms with van der Waals surface area (Å²) in [4.78, 5) is 28.6. The molecule has 1 aromatic heterocycles. The normalized spacial score (nSPS) is 19.5. The number of hydrogen-bond donors (Lipinski definition) is 0. The van der Waals surface area contributed by atoms with Crippen LogP contribution in [0.4, 0.5) is 5.69 Å². The van der Waals surface area contributed by atoms with Crippen molar-refractivity contribution < 1.29 is 9.53 Å². The largest absolute Gasteiger partial charge is 0.379 e. The van der Waals surface area contributed by atoms with Gasteiger partial charge in [0.25, 0.3) is 5.91 Å². The molecule has 7 heteroatoms. The highest BCUT2D eigenvalue weighted by Gasteiger charge is 2.42. The Morgan fingerprint density at radius 1 is 0.917 bits per heavy atom. The van der Waals surface area contributed by atoms with Gasteiger partial charge in [-0.25, -0.2) is 9.97 Å². The predicted octanol–water partition coefficient (Wildman–Crippen LogP) is 3.05. The maximum absolute atomic E-state index is 13.0. The van der Waals surface area contributed by atoms with Crippen molar-refractivity contribution in [1.29, 1.82) is 0 Å². The monoisotopic (exact) mass is 483 g/mol. The third kappa shape index (κ3) is 4.16. The zero-order valence-corrected chi connectivity index (χ0v) is 21.1. The van der Waals surface area contributed by atoms with Crippen LogP contribution in [-0.2, 0) is 23.1 Å². The first-order valence-electron chi connectivity index (χ1n) is 12.8. The Kier molecular flexibility index (Phi) is 5.97. The minimum absolute atomic E-state index is 0.0588. The zero-order chi connectivity index (χ0) is 24.7. The molecule has 1 amide bonds. The zero-order valence-electron chi connectivity index (χ0n) is 21.1. The molecule has 2 fully saturated rings. The van der Waals surface area contributed by atoms with Crippen LogP contribution in [0, 0.1) is 6.92 Å². The number of nitrogens with zero attached hydrogens (tertiary/aromatic N) is 5. The van der Waals surface area contributed by atoms with E-state index in [9.17, 15) is 4.79 Å². The van der Waals surface area contributed by atoms with Crippen LogP contribution in [-0.4, -0.2) is 78.7 Å². The second-order valence-corrected chi connectivity index (χ2v) is 10.4. The number of piperazine rings is 1. The Morgan fingerprint density at radius 2 is 1.58 bits per heavy atom. The van der Waals surface area contributed by atoms with E-state index in [0.717, 1.165) is 50.4 Å². The van der Waals surface area contributed by atoms with Gasteiger partial charge in [0, 0.05) is 44.6 Å². The lowest BCUT2D eigenvalue weighted by molar-refractivity contribution is -0.0379. The molecule has 6 rings (SSSR count). The predicted molar refractivity (Wildman–Crippen MR) is 139 cm³/mol. The Morgan fingerprint density at radius 3 is 2.22 bits per heavy atom. The maximum Gasteiger partial charge on any atom is 0.291 e. The van der Waals surface area contributed by atoms with E-state index in [4.69, 9.17) is 9.72 Å². The van der Waals surface area contributed by atoms with Crippen LogP contribution in [0.25, 0.3) is 0 Å². The summed E-state index contributed by atoms with van der Waals surface area (Å²) in [7, 11) is 2.08. The van der Waals surface area contributed by atoms with Gasteiger partial charge in [0.2, 0.25) is 5.82 Å². The highest BCUT2D eigenvalue weighted by molar-refractivity contribution is 5.90. The van der Waals surface area contributed by atoms with Crippen molar-refractivity contribution in [2.75, 3.05) is 57.9 Å². The summed E-state index contributed by atoms with van der Waals surface area (Å²) in [6.45, 7) is 8.37. The van der Waals surface area contributed by atoms with Gasteiger partial charge in [0.05, 0.1) is 30.9 Å². The van der Waals surface area contributed by atoms with Crippen molar-refractivity contribution in [2.24, 2.45) is 0 Å². The average molecular weight is 484 g/mol. The van der Waals surface area contributed by atoms with E-state index in [2.05, 4.69) is 77.3 Å². The molecule has 7 nitrogen and oxygen atoms in total. The number of anilines is 1. The summed E-state index contributed by atoms with van der Waals surface area (Å²) >= 11 is 0. The minimum Gasteiger partial charge on any atom is -0.379 e. The molecule has 2 saturated heterocycles. The SMILES string of the molecule is Cc1ccc(C2(c3ccc(N4CCc5cnc(C(=O)N6CCN(C)CC6)nc5C4)cc3)COC2)cc1. The van der Waals surface area contributed by atoms with Gasteiger partial charge in [-0.1, -0.05) is 42.0 Å². The fourth-order valence-electron chi connectivity index (χ4n) is 5.45. The van der Waals surface area contributed by atoms with Crippen LogP contribution >= 0.6 is 0 Å². The molecule has 0 radical (unpaired) electrons. The molecule has 3 aliphatic rings. The Hall–Kier alpha value is -3.29. The molecular formula is C29H33N5O2. The van der Waals surface area contributed by atoms with E-state index in [1.807, 2.05) is 11.1 Å². The number of amides is 1. The third-order valence-corrected chi connectivity index (χ3v) is 8.01. The molecule has 0 saturated carbocycles. The number of ether oxygens (including phenoxy) is 1. The molecule has 0 atom stereocenters. The van der Waals surface area contributed by atoms with Crippen molar-refractivity contribution in [3.05, 3.63) is 88.5 Å². The van der Waals surface area contributed by atoms with Crippen LogP contribution in [0.5, 0.6) is 0 Å². The summed E-state index contributed by atoms with van der Waals surface area (Å²) in [5.74, 6) is 0.261. The molecule has 0 spiro atoms. The number of aromatic nitrogens is 2. The van der Waals surface area contributed by atoms with Crippen molar-refractivity contribution in [2.45, 2.75) is 25.3 Å². The van der Waals surface area contributed by atoms with Gasteiger partial charge < -0.3 is 19.4 Å². The van der Waals surface area contributed by atoms with Gasteiger partial charge in [-0.15, -0.1) is 0 Å². The van der Waals surface area contributed by atoms with E-state index >= 15 is 0 Å². The van der Waals surface area contributed by atoms with E-state index in [0.29, 0.717) is 25.6 Å². The smallest absolute Gasteiger partial charge is 0.291 e. The van der Waals surface area contributed by atoms with Crippen LogP contribution < -0.4 is 4.90 Å². The van der Waals surface area contributed by atoms with Gasteiger partial charge in [-0.05, 0) is 49.2 Å². The lowest BCUT2D eigenvalue weighted by Gasteiger charge is -2.43. The lowest BCUT2D eigenvalue weighted by atomic mass is 9.73. The number of rotatable bonds is 4. The topological polar surface area (TPSA) is 61.8 Å². The van der Waals surface area contributed by atoms with Crippen molar-refractivity contribution in [3.63, 3.8) is 0 Å². The van der Waals surface area contributed by atoms with Crippen LogP contribution in [0.1, 0.15) is 38.6 Å². The number of aryl methyl sites for hydroxylation is 1. The average Bonchev–Trinajstić information content (AvgIpc) is 2.89. The second kappa shape index (κ2) is 9.30. The molecule has 2 aromatic carbocycles. The highest BCUT2D eigenvalue weighted by atomic mass is 16.5. The van der Waals surface area contributed by atoms with Crippen molar-refractivity contribution in [1.82, 2.24) is 19.8 Å². The second-order valence-electron chi connectivity index (χ2n) is 10.4. The first-order valence-corrected chi connectivity index (χ1v) is 12.8. The summed E-state index contributed by atoms with van der Waals surface area (Å²) in [6.07, 6.45) is 2.73. The number of carbonyl (C=O) groups is 1. The van der Waals surface area contributed by atoms with E-state index in [1.165, 1.54) is 22.4 Å². The van der Waals surface area contributed by atoms with Crippen LogP contribution in [0.2, 0.25) is 0 Å². The molecule has 0 bridgehead atoms. The molecule has 4 heterocycles. The van der Waals surface area contributed by atoms with Gasteiger partial charge in [-0.2, -0.15) is 0 Å². The van der Waals surface area contributed by atoms with Gasteiger partial charge in [-0.3, -0.25) is 4.79 Å². The number of carbonyl (C=O) groups excluding carboxylic acids is 1. The van der Waals surface area contributed by atoms with Gasteiger partial charge in [0.1, 0.15) is 0 Å². The molecule has 186 valence electrons. The molecule has 0 aliphatic carbocycles. The Balaban J connectivity index is 1.19. The molecule has 3 aliphatic heterocycles. The summed E-state index contributed by atoms with van der Waals surface area (Å²) in [5, 5.41) is 0. The quantitative estimate of drug-likeness (QED) is 0.569. The highest BCUT2D eigenvalue weighted by Crippen LogP contribution is 2.40. The van der Waals surface area contributed by atoms with E-state index in [1.54, 1.807) is 0 Å². The standard InChI is InChI=1S/C29H33N5O2/c1-21-3-5-23(6-4-21)29(19-36-20-29)24-7-9-25(10-8-24)34-12-11-22-17-30-27(31-26(22)18-34)28(35)33-15-13-32(2)14-16-33/h3-10,17H,11-16,18-20H2,1-2H3. The lowest BCUT2D eigenvalue weighted by Crippen LogP contribution is -2.47. The maximum atomic E-state index is 13.0. The Labute approximate surface area is 212 Å². The van der Waals surface area contributed by atoms with Gasteiger partial charge in [0.15, 0.2) is 0 Å². The first kappa shape index (κ1) is 23.1. The van der Waals surface area contributed by atoms with Crippen LogP contribution in [0.15, 0.2) is 54.7 Å². The summed E-state index contributed by atoms with van der Waals surface area (Å²) < 4.78 is 5.68. The molecule has 36 heavy (non-hydrogen) atoms. The molecular weight excluding hydrogens is 450 g/mol. The fourth-order valence-corrected chi connectivity index (χ4v) is 5.45. The molecule has 0 unspecified atom stereocenters.